The Hall–Kier alpha value is -1.74. The van der Waals surface area contributed by atoms with Gasteiger partial charge in [0.15, 0.2) is 5.16 Å². The van der Waals surface area contributed by atoms with Crippen LogP contribution in [0.4, 0.5) is 0 Å². The number of nitrogens with zero attached hydrogens (tertiary/aromatic N) is 6. The second-order valence-electron chi connectivity index (χ2n) is 5.35. The molecule has 0 aromatic carbocycles. The molecular formula is C13H14N6OS2. The molecule has 1 saturated carbocycles. The van der Waals surface area contributed by atoms with E-state index in [4.69, 9.17) is 0 Å². The molecule has 0 spiro atoms. The van der Waals surface area contributed by atoms with Crippen LogP contribution in [0.15, 0.2) is 16.0 Å². The van der Waals surface area contributed by atoms with Gasteiger partial charge in [-0.2, -0.15) is 9.61 Å². The monoisotopic (exact) mass is 334 g/mol. The molecule has 1 aliphatic carbocycles. The summed E-state index contributed by atoms with van der Waals surface area (Å²) in [6.45, 7) is 3.80. The van der Waals surface area contributed by atoms with Gasteiger partial charge in [-0.05, 0) is 26.7 Å². The second-order valence-corrected chi connectivity index (χ2v) is 7.33. The summed E-state index contributed by atoms with van der Waals surface area (Å²) in [7, 11) is 0. The van der Waals surface area contributed by atoms with Crippen LogP contribution in [0.25, 0.3) is 4.96 Å². The molecule has 1 fully saturated rings. The Labute approximate surface area is 134 Å². The third kappa shape index (κ3) is 2.44. The van der Waals surface area contributed by atoms with E-state index in [1.165, 1.54) is 34.8 Å². The largest absolute Gasteiger partial charge is 0.303 e. The fourth-order valence-corrected chi connectivity index (χ4v) is 4.33. The van der Waals surface area contributed by atoms with Crippen LogP contribution in [0, 0.1) is 13.8 Å². The number of aromatic nitrogens is 6. The molecule has 114 valence electrons. The third-order valence-electron chi connectivity index (χ3n) is 3.49. The molecule has 1 aliphatic rings. The first kappa shape index (κ1) is 13.9. The number of hydrogen-bond donors (Lipinski definition) is 0. The van der Waals surface area contributed by atoms with Crippen LogP contribution < -0.4 is 5.56 Å². The van der Waals surface area contributed by atoms with Crippen molar-refractivity contribution in [3.8, 4) is 0 Å². The van der Waals surface area contributed by atoms with Gasteiger partial charge in [0.2, 0.25) is 4.96 Å². The molecule has 0 amide bonds. The number of fused-ring (bicyclic) bond motifs is 1. The van der Waals surface area contributed by atoms with Crippen molar-refractivity contribution in [3.63, 3.8) is 0 Å². The maximum atomic E-state index is 11.9. The maximum Gasteiger partial charge on any atom is 0.275 e. The highest BCUT2D eigenvalue weighted by molar-refractivity contribution is 7.98. The Morgan fingerprint density at radius 2 is 2.18 bits per heavy atom. The number of thioether (sulfide) groups is 1. The molecule has 9 heteroatoms. The minimum Gasteiger partial charge on any atom is -0.303 e. The molecule has 0 atom stereocenters. The summed E-state index contributed by atoms with van der Waals surface area (Å²) in [6.07, 6.45) is 2.40. The van der Waals surface area contributed by atoms with Crippen LogP contribution >= 0.6 is 23.1 Å². The first-order valence-electron chi connectivity index (χ1n) is 7.02. The molecule has 3 heterocycles. The molecule has 0 unspecified atom stereocenters. The van der Waals surface area contributed by atoms with Crippen molar-refractivity contribution >= 4 is 28.1 Å². The summed E-state index contributed by atoms with van der Waals surface area (Å²) < 4.78 is 3.57. The Balaban J connectivity index is 1.59. The van der Waals surface area contributed by atoms with Crippen LogP contribution in [0.3, 0.4) is 0 Å². The molecule has 0 N–H and O–H groups in total. The van der Waals surface area contributed by atoms with E-state index in [9.17, 15) is 4.79 Å². The van der Waals surface area contributed by atoms with Crippen LogP contribution in [0.2, 0.25) is 0 Å². The molecule has 3 aromatic heterocycles. The smallest absolute Gasteiger partial charge is 0.275 e. The Bertz CT molecular complexity index is 907. The predicted octanol–water partition coefficient (Wildman–Crippen LogP) is 1.99. The highest BCUT2D eigenvalue weighted by Crippen LogP contribution is 2.39. The maximum absolute atomic E-state index is 11.9. The van der Waals surface area contributed by atoms with Crippen molar-refractivity contribution in [3.05, 3.63) is 32.9 Å². The average molecular weight is 334 g/mol. The van der Waals surface area contributed by atoms with Crippen molar-refractivity contribution in [2.75, 3.05) is 0 Å². The molecule has 3 aromatic rings. The van der Waals surface area contributed by atoms with E-state index in [1.807, 2.05) is 13.8 Å². The van der Waals surface area contributed by atoms with Crippen LogP contribution in [-0.2, 0) is 5.75 Å². The van der Waals surface area contributed by atoms with Crippen LogP contribution in [-0.4, -0.2) is 29.4 Å². The quantitative estimate of drug-likeness (QED) is 0.679. The molecule has 4 rings (SSSR count). The van der Waals surface area contributed by atoms with Gasteiger partial charge in [-0.25, -0.2) is 4.98 Å². The number of aryl methyl sites for hydroxylation is 2. The first-order valence-corrected chi connectivity index (χ1v) is 8.83. The van der Waals surface area contributed by atoms with Crippen molar-refractivity contribution in [2.24, 2.45) is 0 Å². The van der Waals surface area contributed by atoms with Gasteiger partial charge in [-0.1, -0.05) is 23.1 Å². The number of rotatable bonds is 4. The van der Waals surface area contributed by atoms with E-state index in [1.54, 1.807) is 11.8 Å². The third-order valence-corrected chi connectivity index (χ3v) is 5.53. The summed E-state index contributed by atoms with van der Waals surface area (Å²) in [5.41, 5.74) is 0.587. The SMILES string of the molecule is Cc1cc(=O)n2nc(CSc3nnc(C)n3C3CC3)sc2n1. The fourth-order valence-electron chi connectivity index (χ4n) is 2.35. The molecule has 0 saturated heterocycles. The molecule has 0 aliphatic heterocycles. The molecule has 0 bridgehead atoms. The van der Waals surface area contributed by atoms with Crippen LogP contribution in [0.5, 0.6) is 0 Å². The highest BCUT2D eigenvalue weighted by atomic mass is 32.2. The van der Waals surface area contributed by atoms with Crippen molar-refractivity contribution < 1.29 is 0 Å². The Morgan fingerprint density at radius 1 is 1.36 bits per heavy atom. The van der Waals surface area contributed by atoms with Gasteiger partial charge >= 0.3 is 0 Å². The van der Waals surface area contributed by atoms with E-state index in [2.05, 4.69) is 24.8 Å². The fraction of sp³-hybridized carbons (Fsp3) is 0.462. The van der Waals surface area contributed by atoms with Gasteiger partial charge in [0.05, 0.1) is 5.75 Å². The zero-order valence-corrected chi connectivity index (χ0v) is 13.8. The van der Waals surface area contributed by atoms with E-state index in [-0.39, 0.29) is 5.56 Å². The zero-order chi connectivity index (χ0) is 15.3. The topological polar surface area (TPSA) is 78.0 Å². The van der Waals surface area contributed by atoms with Gasteiger partial charge in [0.25, 0.3) is 5.56 Å². The van der Waals surface area contributed by atoms with Gasteiger partial charge in [0.1, 0.15) is 10.8 Å². The van der Waals surface area contributed by atoms with Crippen molar-refractivity contribution in [1.82, 2.24) is 29.4 Å². The van der Waals surface area contributed by atoms with Gasteiger partial charge < -0.3 is 4.57 Å². The van der Waals surface area contributed by atoms with Gasteiger partial charge in [0, 0.05) is 17.8 Å². The average Bonchev–Trinajstić information content (AvgIpc) is 3.10. The van der Waals surface area contributed by atoms with Crippen molar-refractivity contribution in [1.29, 1.82) is 0 Å². The van der Waals surface area contributed by atoms with E-state index < -0.39 is 0 Å². The lowest BCUT2D eigenvalue weighted by Gasteiger charge is -2.04. The summed E-state index contributed by atoms with van der Waals surface area (Å²) >= 11 is 3.05. The molecular weight excluding hydrogens is 320 g/mol. The molecule has 22 heavy (non-hydrogen) atoms. The minimum atomic E-state index is -0.132. The minimum absolute atomic E-state index is 0.132. The lowest BCUT2D eigenvalue weighted by Crippen LogP contribution is -2.14. The van der Waals surface area contributed by atoms with E-state index >= 15 is 0 Å². The standard InChI is InChI=1S/C13H14N6OS2/c1-7-5-11(20)19-12(14-7)22-10(17-19)6-21-13-16-15-8(2)18(13)9-3-4-9/h5,9H,3-4,6H2,1-2H3. The van der Waals surface area contributed by atoms with E-state index in [0.29, 0.717) is 16.8 Å². The summed E-state index contributed by atoms with van der Waals surface area (Å²) in [4.78, 5) is 16.9. The Kier molecular flexibility index (Phi) is 3.26. The summed E-state index contributed by atoms with van der Waals surface area (Å²) in [6, 6.07) is 2.05. The van der Waals surface area contributed by atoms with E-state index in [0.717, 1.165) is 21.7 Å². The van der Waals surface area contributed by atoms with Gasteiger partial charge in [-0.15, -0.1) is 10.2 Å². The van der Waals surface area contributed by atoms with Crippen LogP contribution in [0.1, 0.15) is 35.4 Å². The normalized spacial score (nSPS) is 14.8. The summed E-state index contributed by atoms with van der Waals surface area (Å²) in [5, 5.41) is 14.6. The second kappa shape index (κ2) is 5.17. The van der Waals surface area contributed by atoms with Crippen molar-refractivity contribution in [2.45, 2.75) is 43.6 Å². The highest BCUT2D eigenvalue weighted by Gasteiger charge is 2.28. The molecule has 0 radical (unpaired) electrons. The predicted molar refractivity (Wildman–Crippen MR) is 84.5 cm³/mol. The lowest BCUT2D eigenvalue weighted by atomic mass is 10.5. The molecule has 7 nitrogen and oxygen atoms in total. The Morgan fingerprint density at radius 3 is 2.95 bits per heavy atom. The first-order chi connectivity index (χ1) is 10.6. The lowest BCUT2D eigenvalue weighted by molar-refractivity contribution is 0.644. The zero-order valence-electron chi connectivity index (χ0n) is 12.2. The number of hydrogen-bond acceptors (Lipinski definition) is 7. The summed E-state index contributed by atoms with van der Waals surface area (Å²) in [5.74, 6) is 1.62. The van der Waals surface area contributed by atoms with Gasteiger partial charge in [-0.3, -0.25) is 4.79 Å².